The topological polar surface area (TPSA) is 130 Å². The van der Waals surface area contributed by atoms with Gasteiger partial charge in [0.15, 0.2) is 0 Å². The van der Waals surface area contributed by atoms with Gasteiger partial charge in [-0.25, -0.2) is 4.79 Å². The van der Waals surface area contributed by atoms with Crippen molar-refractivity contribution in [1.29, 1.82) is 0 Å². The average Bonchev–Trinajstić information content (AvgIpc) is 2.55. The van der Waals surface area contributed by atoms with Crippen molar-refractivity contribution in [3.63, 3.8) is 0 Å². The maximum atomic E-state index is 11.5. The Balaban J connectivity index is 1.87. The quantitative estimate of drug-likeness (QED) is 0.540. The van der Waals surface area contributed by atoms with Crippen LogP contribution in [0.4, 0.5) is 0 Å². The Kier molecular flexibility index (Phi) is 4.57. The Hall–Kier alpha value is -1.97. The zero-order chi connectivity index (χ0) is 17.4. The first-order valence-corrected chi connectivity index (χ1v) is 7.42. The highest BCUT2D eigenvalue weighted by molar-refractivity contribution is 5.81. The summed E-state index contributed by atoms with van der Waals surface area (Å²) in [7, 11) is 0. The predicted molar refractivity (Wildman–Crippen MR) is 81.6 cm³/mol. The fourth-order valence-corrected chi connectivity index (χ4v) is 2.68. The summed E-state index contributed by atoms with van der Waals surface area (Å²) >= 11 is 0. The molecule has 5 atom stereocenters. The van der Waals surface area contributed by atoms with E-state index in [0.717, 1.165) is 10.9 Å². The van der Waals surface area contributed by atoms with Crippen molar-refractivity contribution in [3.8, 4) is 5.75 Å². The van der Waals surface area contributed by atoms with E-state index in [1.807, 2.05) is 0 Å². The Morgan fingerprint density at radius 3 is 2.58 bits per heavy atom. The summed E-state index contributed by atoms with van der Waals surface area (Å²) in [6.45, 7) is 1.23. The normalized spacial score (nSPS) is 30.5. The molecular formula is C16H18O8. The molecule has 0 unspecified atom stereocenters. The lowest BCUT2D eigenvalue weighted by Crippen LogP contribution is -2.60. The minimum absolute atomic E-state index is 0.237. The zero-order valence-electron chi connectivity index (χ0n) is 12.8. The first-order valence-electron chi connectivity index (χ1n) is 7.42. The molecule has 8 nitrogen and oxygen atoms in total. The van der Waals surface area contributed by atoms with Gasteiger partial charge in [-0.1, -0.05) is 0 Å². The molecule has 4 N–H and O–H groups in total. The van der Waals surface area contributed by atoms with Gasteiger partial charge in [0.05, 0.1) is 6.61 Å². The summed E-state index contributed by atoms with van der Waals surface area (Å²) in [5.74, 6) is 0.237. The van der Waals surface area contributed by atoms with Gasteiger partial charge in [0, 0.05) is 17.5 Å². The van der Waals surface area contributed by atoms with Crippen molar-refractivity contribution in [2.45, 2.75) is 37.6 Å². The van der Waals surface area contributed by atoms with Gasteiger partial charge in [-0.15, -0.1) is 0 Å². The second-order valence-electron chi connectivity index (χ2n) is 5.72. The fraction of sp³-hybridized carbons (Fsp3) is 0.438. The van der Waals surface area contributed by atoms with Gasteiger partial charge in [0.25, 0.3) is 0 Å². The zero-order valence-corrected chi connectivity index (χ0v) is 12.8. The number of aliphatic hydroxyl groups excluding tert-OH is 4. The minimum atomic E-state index is -1.53. The molecule has 1 saturated heterocycles. The molecule has 0 spiro atoms. The van der Waals surface area contributed by atoms with Crippen LogP contribution in [0.1, 0.15) is 5.56 Å². The lowest BCUT2D eigenvalue weighted by atomic mass is 9.99. The summed E-state index contributed by atoms with van der Waals surface area (Å²) in [5, 5.41) is 39.4. The lowest BCUT2D eigenvalue weighted by Gasteiger charge is -2.39. The molecule has 1 fully saturated rings. The second kappa shape index (κ2) is 6.50. The number of hydrogen-bond donors (Lipinski definition) is 4. The third-order valence-electron chi connectivity index (χ3n) is 4.02. The standard InChI is InChI=1S/C16H18O8/c1-7-4-12(18)23-10-5-8(2-3-9(7)10)22-16-15(21)14(20)13(19)11(6-17)24-16/h2-5,11,13-17,19-21H,6H2,1H3/t11-,13+,14+,15-,16+/m0/s1. The summed E-state index contributed by atoms with van der Waals surface area (Å²) in [4.78, 5) is 11.5. The molecule has 8 heteroatoms. The van der Waals surface area contributed by atoms with Crippen molar-refractivity contribution in [2.75, 3.05) is 6.61 Å². The van der Waals surface area contributed by atoms with Crippen LogP contribution in [0.3, 0.4) is 0 Å². The molecule has 2 heterocycles. The van der Waals surface area contributed by atoms with Gasteiger partial charge in [-0.3, -0.25) is 0 Å². The van der Waals surface area contributed by atoms with E-state index in [1.165, 1.54) is 12.1 Å². The van der Waals surface area contributed by atoms with Crippen LogP contribution in [-0.2, 0) is 4.74 Å². The van der Waals surface area contributed by atoms with E-state index in [9.17, 15) is 20.1 Å². The number of ether oxygens (including phenoxy) is 2. The Bertz CT molecular complexity index is 783. The van der Waals surface area contributed by atoms with Crippen LogP contribution >= 0.6 is 0 Å². The molecule has 1 aliphatic heterocycles. The maximum absolute atomic E-state index is 11.5. The van der Waals surface area contributed by atoms with Crippen LogP contribution in [0, 0.1) is 6.92 Å². The third kappa shape index (κ3) is 3.02. The molecule has 24 heavy (non-hydrogen) atoms. The van der Waals surface area contributed by atoms with E-state index < -0.39 is 42.9 Å². The van der Waals surface area contributed by atoms with Crippen LogP contribution in [0.2, 0.25) is 0 Å². The molecule has 1 aromatic carbocycles. The first kappa shape index (κ1) is 16.9. The summed E-state index contributed by atoms with van der Waals surface area (Å²) in [5.41, 5.74) is 0.563. The molecular weight excluding hydrogens is 320 g/mol. The highest BCUT2D eigenvalue weighted by atomic mass is 16.7. The number of fused-ring (bicyclic) bond motifs is 1. The maximum Gasteiger partial charge on any atom is 0.336 e. The van der Waals surface area contributed by atoms with Gasteiger partial charge in [0.1, 0.15) is 35.7 Å². The van der Waals surface area contributed by atoms with E-state index in [2.05, 4.69) is 0 Å². The first-order chi connectivity index (χ1) is 11.4. The van der Waals surface area contributed by atoms with Gasteiger partial charge < -0.3 is 34.3 Å². The van der Waals surface area contributed by atoms with Crippen molar-refractivity contribution < 1.29 is 34.3 Å². The Morgan fingerprint density at radius 1 is 1.12 bits per heavy atom. The molecule has 130 valence electrons. The smallest absolute Gasteiger partial charge is 0.336 e. The van der Waals surface area contributed by atoms with E-state index in [1.54, 1.807) is 19.1 Å². The van der Waals surface area contributed by atoms with Crippen molar-refractivity contribution in [3.05, 3.63) is 40.2 Å². The minimum Gasteiger partial charge on any atom is -0.462 e. The average molecular weight is 338 g/mol. The van der Waals surface area contributed by atoms with Crippen molar-refractivity contribution >= 4 is 11.0 Å². The summed E-state index contributed by atoms with van der Waals surface area (Å²) in [6, 6.07) is 6.12. The van der Waals surface area contributed by atoms with E-state index in [-0.39, 0.29) is 5.75 Å². The number of aryl methyl sites for hydroxylation is 1. The summed E-state index contributed by atoms with van der Waals surface area (Å²) < 4.78 is 15.9. The monoisotopic (exact) mass is 338 g/mol. The van der Waals surface area contributed by atoms with Gasteiger partial charge >= 0.3 is 5.63 Å². The van der Waals surface area contributed by atoms with Gasteiger partial charge in [-0.05, 0) is 24.6 Å². The van der Waals surface area contributed by atoms with Crippen LogP contribution < -0.4 is 10.4 Å². The van der Waals surface area contributed by atoms with Gasteiger partial charge in [-0.2, -0.15) is 0 Å². The van der Waals surface area contributed by atoms with Crippen LogP contribution in [0.25, 0.3) is 11.0 Å². The largest absolute Gasteiger partial charge is 0.462 e. The SMILES string of the molecule is Cc1cc(=O)oc2cc(O[C@@H]3O[C@@H](CO)[C@@H](O)[C@@H](O)[C@@H]3O)ccc12. The van der Waals surface area contributed by atoms with E-state index in [0.29, 0.717) is 5.58 Å². The van der Waals surface area contributed by atoms with E-state index in [4.69, 9.17) is 19.0 Å². The van der Waals surface area contributed by atoms with Crippen molar-refractivity contribution in [2.24, 2.45) is 0 Å². The Morgan fingerprint density at radius 2 is 1.88 bits per heavy atom. The number of rotatable bonds is 3. The molecule has 0 amide bonds. The number of benzene rings is 1. The predicted octanol–water partition coefficient (Wildman–Crippen LogP) is -0.720. The highest BCUT2D eigenvalue weighted by Crippen LogP contribution is 2.27. The van der Waals surface area contributed by atoms with Crippen LogP contribution in [-0.4, -0.2) is 57.7 Å². The molecule has 2 aromatic rings. The number of aliphatic hydroxyl groups is 4. The molecule has 0 saturated carbocycles. The second-order valence-corrected chi connectivity index (χ2v) is 5.72. The summed E-state index contributed by atoms with van der Waals surface area (Å²) in [6.07, 6.45) is -6.85. The highest BCUT2D eigenvalue weighted by Gasteiger charge is 2.44. The lowest BCUT2D eigenvalue weighted by molar-refractivity contribution is -0.277. The van der Waals surface area contributed by atoms with Gasteiger partial charge in [0.2, 0.25) is 6.29 Å². The molecule has 3 rings (SSSR count). The molecule has 0 bridgehead atoms. The molecule has 1 aromatic heterocycles. The molecule has 0 radical (unpaired) electrons. The van der Waals surface area contributed by atoms with Crippen LogP contribution in [0.15, 0.2) is 33.5 Å². The van der Waals surface area contributed by atoms with Crippen LogP contribution in [0.5, 0.6) is 5.75 Å². The van der Waals surface area contributed by atoms with Crippen molar-refractivity contribution in [1.82, 2.24) is 0 Å². The fourth-order valence-electron chi connectivity index (χ4n) is 2.68. The Labute approximate surface area is 136 Å². The third-order valence-corrected chi connectivity index (χ3v) is 4.02. The number of hydrogen-bond acceptors (Lipinski definition) is 8. The van der Waals surface area contributed by atoms with E-state index >= 15 is 0 Å². The molecule has 0 aliphatic carbocycles. The molecule has 1 aliphatic rings.